The highest BCUT2D eigenvalue weighted by molar-refractivity contribution is 7.99. The molecule has 0 aliphatic heterocycles. The quantitative estimate of drug-likeness (QED) is 0.154. The lowest BCUT2D eigenvalue weighted by Crippen LogP contribution is -2.20. The number of carbonyl (C=O) groups excluding carboxylic acids is 1. The molecule has 4 aromatic rings. The van der Waals surface area contributed by atoms with E-state index in [1.54, 1.807) is 59.8 Å². The van der Waals surface area contributed by atoms with Gasteiger partial charge in [0.2, 0.25) is 5.75 Å². The van der Waals surface area contributed by atoms with E-state index >= 15 is 0 Å². The molecule has 0 saturated carbocycles. The second-order valence-corrected chi connectivity index (χ2v) is 9.00. The number of methoxy groups -OCH3 is 5. The first-order valence-electron chi connectivity index (χ1n) is 12.0. The number of nitrogens with one attached hydrogen (secondary N) is 1. The number of carbonyl (C=O) groups is 1. The summed E-state index contributed by atoms with van der Waals surface area (Å²) < 4.78 is 29.0. The fourth-order valence-electron chi connectivity index (χ4n) is 3.92. The zero-order valence-electron chi connectivity index (χ0n) is 22.7. The molecule has 1 N–H and O–H groups in total. The van der Waals surface area contributed by atoms with E-state index in [9.17, 15) is 4.79 Å². The van der Waals surface area contributed by atoms with Crippen LogP contribution in [-0.2, 0) is 4.79 Å². The van der Waals surface area contributed by atoms with Crippen LogP contribution in [0, 0.1) is 0 Å². The molecule has 0 radical (unpaired) electrons. The Kier molecular flexibility index (Phi) is 9.47. The molecule has 0 unspecified atom stereocenters. The van der Waals surface area contributed by atoms with Crippen molar-refractivity contribution >= 4 is 23.9 Å². The minimum absolute atomic E-state index is 0.0484. The van der Waals surface area contributed by atoms with E-state index < -0.39 is 0 Å². The van der Waals surface area contributed by atoms with Crippen LogP contribution in [0.15, 0.2) is 70.9 Å². The SMILES string of the molecule is COc1cccc(/C=N\NC(=O)CSc2nnc(-c3cc(OC)c(OC)c(OC)c3)n2-c2ccccc2)c1OC. The van der Waals surface area contributed by atoms with Gasteiger partial charge in [-0.2, -0.15) is 5.10 Å². The van der Waals surface area contributed by atoms with Gasteiger partial charge in [0.15, 0.2) is 34.0 Å². The fraction of sp³-hybridized carbons (Fsp3) is 0.214. The van der Waals surface area contributed by atoms with Gasteiger partial charge in [-0.25, -0.2) is 5.43 Å². The third kappa shape index (κ3) is 6.12. The Bertz CT molecular complexity index is 1470. The highest BCUT2D eigenvalue weighted by Gasteiger charge is 2.21. The Morgan fingerprint density at radius 3 is 2.15 bits per heavy atom. The third-order valence-electron chi connectivity index (χ3n) is 5.73. The second-order valence-electron chi connectivity index (χ2n) is 8.06. The van der Waals surface area contributed by atoms with Crippen LogP contribution in [0.5, 0.6) is 28.7 Å². The van der Waals surface area contributed by atoms with Gasteiger partial charge in [0.25, 0.3) is 5.91 Å². The van der Waals surface area contributed by atoms with Crippen LogP contribution >= 0.6 is 11.8 Å². The van der Waals surface area contributed by atoms with Crippen LogP contribution in [0.2, 0.25) is 0 Å². The molecule has 0 spiro atoms. The molecule has 0 aliphatic carbocycles. The summed E-state index contributed by atoms with van der Waals surface area (Å²) in [5.74, 6) is 2.79. The molecule has 0 atom stereocenters. The predicted molar refractivity (Wildman–Crippen MR) is 152 cm³/mol. The lowest BCUT2D eigenvalue weighted by atomic mass is 10.1. The van der Waals surface area contributed by atoms with Crippen molar-refractivity contribution < 1.29 is 28.5 Å². The first-order chi connectivity index (χ1) is 19.5. The zero-order chi connectivity index (χ0) is 28.5. The highest BCUT2D eigenvalue weighted by atomic mass is 32.2. The number of hydrogen-bond acceptors (Lipinski definition) is 10. The average molecular weight is 564 g/mol. The fourth-order valence-corrected chi connectivity index (χ4v) is 4.66. The first-order valence-corrected chi connectivity index (χ1v) is 13.0. The summed E-state index contributed by atoms with van der Waals surface area (Å²) in [5.41, 5.74) is 4.72. The molecule has 0 aliphatic rings. The van der Waals surface area contributed by atoms with Gasteiger partial charge in [-0.3, -0.25) is 9.36 Å². The van der Waals surface area contributed by atoms with Crippen molar-refractivity contribution in [3.63, 3.8) is 0 Å². The Labute approximate surface area is 236 Å². The molecular weight excluding hydrogens is 534 g/mol. The van der Waals surface area contributed by atoms with E-state index in [0.717, 1.165) is 5.69 Å². The van der Waals surface area contributed by atoms with Crippen LogP contribution in [0.4, 0.5) is 0 Å². The molecule has 1 amide bonds. The monoisotopic (exact) mass is 563 g/mol. The van der Waals surface area contributed by atoms with Gasteiger partial charge in [0, 0.05) is 16.8 Å². The molecule has 11 nitrogen and oxygen atoms in total. The maximum atomic E-state index is 12.6. The summed E-state index contributed by atoms with van der Waals surface area (Å²) >= 11 is 1.22. The summed E-state index contributed by atoms with van der Waals surface area (Å²) in [6.45, 7) is 0. The lowest BCUT2D eigenvalue weighted by Gasteiger charge is -2.15. The van der Waals surface area contributed by atoms with Gasteiger partial charge >= 0.3 is 0 Å². The standard InChI is InChI=1S/C28H29N5O6S/c1-35-21-13-9-10-18(25(21)38-4)16-29-30-24(34)17-40-28-32-31-27(33(28)20-11-7-6-8-12-20)19-14-22(36-2)26(39-5)23(15-19)37-3/h6-16H,17H2,1-5H3,(H,30,34)/b29-16-. The molecule has 4 rings (SSSR count). The smallest absolute Gasteiger partial charge is 0.250 e. The number of thioether (sulfide) groups is 1. The van der Waals surface area contributed by atoms with Crippen LogP contribution in [0.1, 0.15) is 5.56 Å². The average Bonchev–Trinajstić information content (AvgIpc) is 3.43. The summed E-state index contributed by atoms with van der Waals surface area (Å²) in [4.78, 5) is 12.6. The maximum Gasteiger partial charge on any atom is 0.250 e. The molecule has 40 heavy (non-hydrogen) atoms. The Hall–Kier alpha value is -4.71. The van der Waals surface area contributed by atoms with Crippen molar-refractivity contribution in [3.05, 3.63) is 66.2 Å². The molecule has 0 fully saturated rings. The van der Waals surface area contributed by atoms with Gasteiger partial charge in [-0.05, 0) is 36.4 Å². The normalized spacial score (nSPS) is 10.8. The van der Waals surface area contributed by atoms with E-state index in [-0.39, 0.29) is 11.7 Å². The summed E-state index contributed by atoms with van der Waals surface area (Å²) in [6.07, 6.45) is 1.50. The van der Waals surface area contributed by atoms with Gasteiger partial charge in [0.05, 0.1) is 47.5 Å². The maximum absolute atomic E-state index is 12.6. The molecule has 0 bridgehead atoms. The molecular formula is C28H29N5O6S. The summed E-state index contributed by atoms with van der Waals surface area (Å²) in [7, 11) is 7.74. The molecule has 12 heteroatoms. The van der Waals surface area contributed by atoms with Crippen LogP contribution in [-0.4, -0.2) is 68.2 Å². The zero-order valence-corrected chi connectivity index (χ0v) is 23.5. The van der Waals surface area contributed by atoms with Gasteiger partial charge in [-0.15, -0.1) is 10.2 Å². The van der Waals surface area contributed by atoms with Gasteiger partial charge in [-0.1, -0.05) is 36.0 Å². The van der Waals surface area contributed by atoms with Crippen molar-refractivity contribution in [2.24, 2.45) is 5.10 Å². The number of rotatable bonds is 12. The van der Waals surface area contributed by atoms with E-state index in [4.69, 9.17) is 23.7 Å². The van der Waals surface area contributed by atoms with Crippen molar-refractivity contribution in [1.29, 1.82) is 0 Å². The minimum atomic E-state index is -0.319. The van der Waals surface area contributed by atoms with Crippen LogP contribution in [0.3, 0.4) is 0 Å². The Balaban J connectivity index is 1.57. The number of nitrogens with zero attached hydrogens (tertiary/aromatic N) is 4. The van der Waals surface area contributed by atoms with Crippen molar-refractivity contribution in [3.8, 4) is 45.8 Å². The third-order valence-corrected chi connectivity index (χ3v) is 6.66. The topological polar surface area (TPSA) is 118 Å². The van der Waals surface area contributed by atoms with Crippen LogP contribution < -0.4 is 29.1 Å². The highest BCUT2D eigenvalue weighted by Crippen LogP contribution is 2.41. The molecule has 1 heterocycles. The van der Waals surface area contributed by atoms with Crippen molar-refractivity contribution in [1.82, 2.24) is 20.2 Å². The second kappa shape index (κ2) is 13.4. The van der Waals surface area contributed by atoms with E-state index in [2.05, 4.69) is 20.7 Å². The van der Waals surface area contributed by atoms with E-state index in [0.29, 0.717) is 50.9 Å². The van der Waals surface area contributed by atoms with E-state index in [1.165, 1.54) is 18.0 Å². The lowest BCUT2D eigenvalue weighted by molar-refractivity contribution is -0.118. The first kappa shape index (κ1) is 28.3. The molecule has 0 saturated heterocycles. The number of hydrazone groups is 1. The number of ether oxygens (including phenoxy) is 5. The van der Waals surface area contributed by atoms with E-state index in [1.807, 2.05) is 41.0 Å². The van der Waals surface area contributed by atoms with Gasteiger partial charge in [0.1, 0.15) is 0 Å². The Morgan fingerprint density at radius 1 is 0.850 bits per heavy atom. The predicted octanol–water partition coefficient (Wildman–Crippen LogP) is 4.22. The summed E-state index contributed by atoms with van der Waals surface area (Å²) in [5, 5.41) is 13.4. The Morgan fingerprint density at radius 2 is 1.52 bits per heavy atom. The summed E-state index contributed by atoms with van der Waals surface area (Å²) in [6, 6.07) is 18.6. The molecule has 1 aromatic heterocycles. The van der Waals surface area contributed by atoms with Gasteiger partial charge < -0.3 is 23.7 Å². The molecule has 208 valence electrons. The van der Waals surface area contributed by atoms with Crippen LogP contribution in [0.25, 0.3) is 17.1 Å². The largest absolute Gasteiger partial charge is 0.493 e. The number of hydrogen-bond donors (Lipinski definition) is 1. The number of benzene rings is 3. The van der Waals surface area contributed by atoms with Crippen molar-refractivity contribution in [2.75, 3.05) is 41.3 Å². The minimum Gasteiger partial charge on any atom is -0.493 e. The number of aromatic nitrogens is 3. The van der Waals surface area contributed by atoms with Crippen molar-refractivity contribution in [2.45, 2.75) is 5.16 Å². The number of para-hydroxylation sites is 2. The number of amides is 1. The molecule has 3 aromatic carbocycles.